The Balaban J connectivity index is 2.00. The third-order valence-corrected chi connectivity index (χ3v) is 4.27. The van der Waals surface area contributed by atoms with E-state index in [1.54, 1.807) is 0 Å². The Hall–Kier alpha value is -1.03. The van der Waals surface area contributed by atoms with Gasteiger partial charge in [-0.2, -0.15) is 5.26 Å². The molecule has 0 bridgehead atoms. The van der Waals surface area contributed by atoms with E-state index in [0.29, 0.717) is 13.1 Å². The molecule has 0 spiro atoms. The summed E-state index contributed by atoms with van der Waals surface area (Å²) in [5, 5.41) is 8.88. The van der Waals surface area contributed by atoms with Gasteiger partial charge in [-0.3, -0.25) is 9.80 Å². The fourth-order valence-corrected chi connectivity index (χ4v) is 2.70. The molecule has 1 aliphatic rings. The summed E-state index contributed by atoms with van der Waals surface area (Å²) in [5.41, 5.74) is 0.0983. The molecule has 0 aliphatic carbocycles. The molecule has 0 radical (unpaired) electrons. The first kappa shape index (κ1) is 15.4. The highest BCUT2D eigenvalue weighted by molar-refractivity contribution is 9.10. The normalized spacial score (nSPS) is 18.8. The summed E-state index contributed by atoms with van der Waals surface area (Å²) in [6, 6.07) is 4.74. The second-order valence-electron chi connectivity index (χ2n) is 4.94. The number of hydrogen-bond donors (Lipinski definition) is 0. The van der Waals surface area contributed by atoms with Crippen LogP contribution in [-0.2, 0) is 6.54 Å². The lowest BCUT2D eigenvalue weighted by molar-refractivity contribution is 0.112. The highest BCUT2D eigenvalue weighted by Crippen LogP contribution is 2.23. The zero-order chi connectivity index (χ0) is 14.7. The van der Waals surface area contributed by atoms with E-state index < -0.39 is 11.6 Å². The van der Waals surface area contributed by atoms with Gasteiger partial charge in [-0.25, -0.2) is 8.78 Å². The van der Waals surface area contributed by atoms with Crippen molar-refractivity contribution >= 4 is 15.9 Å². The first-order valence-electron chi connectivity index (χ1n) is 6.51. The average molecular weight is 344 g/mol. The molecule has 108 valence electrons. The van der Waals surface area contributed by atoms with Crippen LogP contribution in [0.2, 0.25) is 0 Å². The van der Waals surface area contributed by atoms with Crippen LogP contribution < -0.4 is 0 Å². The molecule has 1 saturated heterocycles. The van der Waals surface area contributed by atoms with Gasteiger partial charge >= 0.3 is 0 Å². The monoisotopic (exact) mass is 343 g/mol. The largest absolute Gasteiger partial charge is 0.296 e. The molecule has 1 unspecified atom stereocenters. The van der Waals surface area contributed by atoms with E-state index in [0.717, 1.165) is 13.1 Å². The molecule has 6 heteroatoms. The fraction of sp³-hybridized carbons (Fsp3) is 0.500. The number of rotatable bonds is 3. The summed E-state index contributed by atoms with van der Waals surface area (Å²) in [4.78, 5) is 4.08. The third kappa shape index (κ3) is 3.35. The maximum atomic E-state index is 13.9. The maximum absolute atomic E-state index is 13.9. The minimum atomic E-state index is -0.530. The standard InChI is InChI=1S/C14H16BrF2N3/c1-10(8-18)20-6-4-19(5-7-20)9-11-13(16)3-2-12(15)14(11)17/h2-3,10H,4-7,9H2,1H3. The van der Waals surface area contributed by atoms with Gasteiger partial charge in [-0.15, -0.1) is 0 Å². The highest BCUT2D eigenvalue weighted by Gasteiger charge is 2.23. The second kappa shape index (κ2) is 6.61. The quantitative estimate of drug-likeness (QED) is 0.790. The zero-order valence-corrected chi connectivity index (χ0v) is 12.8. The van der Waals surface area contributed by atoms with Crippen LogP contribution in [0.15, 0.2) is 16.6 Å². The van der Waals surface area contributed by atoms with Gasteiger partial charge in [-0.1, -0.05) is 0 Å². The Morgan fingerprint density at radius 2 is 1.95 bits per heavy atom. The van der Waals surface area contributed by atoms with Crippen LogP contribution in [0.1, 0.15) is 12.5 Å². The van der Waals surface area contributed by atoms with Gasteiger partial charge in [0.15, 0.2) is 0 Å². The number of halogens is 3. The molecular weight excluding hydrogens is 328 g/mol. The van der Waals surface area contributed by atoms with E-state index in [9.17, 15) is 8.78 Å². The number of piperazine rings is 1. The molecule has 3 nitrogen and oxygen atoms in total. The van der Waals surface area contributed by atoms with Crippen molar-refractivity contribution in [1.29, 1.82) is 5.26 Å². The van der Waals surface area contributed by atoms with Gasteiger partial charge in [0.2, 0.25) is 0 Å². The molecular formula is C14H16BrF2N3. The Bertz CT molecular complexity index is 522. The third-order valence-electron chi connectivity index (χ3n) is 3.66. The van der Waals surface area contributed by atoms with Crippen molar-refractivity contribution in [1.82, 2.24) is 9.80 Å². The van der Waals surface area contributed by atoms with Crippen LogP contribution in [0.3, 0.4) is 0 Å². The Morgan fingerprint density at radius 1 is 1.30 bits per heavy atom. The zero-order valence-electron chi connectivity index (χ0n) is 11.2. The molecule has 0 saturated carbocycles. The first-order chi connectivity index (χ1) is 9.52. The van der Waals surface area contributed by atoms with Gasteiger partial charge < -0.3 is 0 Å². The van der Waals surface area contributed by atoms with Crippen molar-refractivity contribution in [3.63, 3.8) is 0 Å². The number of benzene rings is 1. The highest BCUT2D eigenvalue weighted by atomic mass is 79.9. The van der Waals surface area contributed by atoms with E-state index in [2.05, 4.69) is 26.9 Å². The van der Waals surface area contributed by atoms with Crippen molar-refractivity contribution in [2.45, 2.75) is 19.5 Å². The van der Waals surface area contributed by atoms with Crippen molar-refractivity contribution in [3.05, 3.63) is 33.8 Å². The van der Waals surface area contributed by atoms with Crippen LogP contribution in [0, 0.1) is 23.0 Å². The fourth-order valence-electron chi connectivity index (χ4n) is 2.33. The maximum Gasteiger partial charge on any atom is 0.144 e. The average Bonchev–Trinajstić information content (AvgIpc) is 2.47. The van der Waals surface area contributed by atoms with Crippen LogP contribution in [0.25, 0.3) is 0 Å². The molecule has 1 aromatic rings. The predicted molar refractivity (Wildman–Crippen MR) is 76.0 cm³/mol. The van der Waals surface area contributed by atoms with E-state index in [1.165, 1.54) is 12.1 Å². The van der Waals surface area contributed by atoms with E-state index in [-0.39, 0.29) is 22.6 Å². The van der Waals surface area contributed by atoms with Crippen molar-refractivity contribution < 1.29 is 8.78 Å². The van der Waals surface area contributed by atoms with Gasteiger partial charge in [-0.05, 0) is 35.0 Å². The summed E-state index contributed by atoms with van der Waals surface area (Å²) in [5.74, 6) is -1.05. The molecule has 0 aromatic heterocycles. The molecule has 1 atom stereocenters. The number of nitrogens with zero attached hydrogens (tertiary/aromatic N) is 3. The van der Waals surface area contributed by atoms with E-state index in [1.807, 2.05) is 11.8 Å². The number of hydrogen-bond acceptors (Lipinski definition) is 3. The molecule has 1 heterocycles. The van der Waals surface area contributed by atoms with E-state index in [4.69, 9.17) is 5.26 Å². The van der Waals surface area contributed by atoms with Crippen LogP contribution in [-0.4, -0.2) is 42.0 Å². The van der Waals surface area contributed by atoms with Crippen LogP contribution in [0.4, 0.5) is 8.78 Å². The molecule has 1 aliphatic heterocycles. The van der Waals surface area contributed by atoms with Crippen molar-refractivity contribution in [3.8, 4) is 6.07 Å². The van der Waals surface area contributed by atoms with E-state index >= 15 is 0 Å². The summed E-state index contributed by atoms with van der Waals surface area (Å²) in [6.45, 7) is 5.02. The molecule has 0 N–H and O–H groups in total. The summed E-state index contributed by atoms with van der Waals surface area (Å²) >= 11 is 3.08. The lowest BCUT2D eigenvalue weighted by Gasteiger charge is -2.35. The second-order valence-corrected chi connectivity index (χ2v) is 5.79. The van der Waals surface area contributed by atoms with Gasteiger partial charge in [0.1, 0.15) is 11.6 Å². The van der Waals surface area contributed by atoms with Crippen molar-refractivity contribution in [2.24, 2.45) is 0 Å². The molecule has 1 fully saturated rings. The molecule has 20 heavy (non-hydrogen) atoms. The minimum Gasteiger partial charge on any atom is -0.296 e. The predicted octanol–water partition coefficient (Wildman–Crippen LogP) is 2.76. The minimum absolute atomic E-state index is 0.0983. The van der Waals surface area contributed by atoms with Gasteiger partial charge in [0.25, 0.3) is 0 Å². The lowest BCUT2D eigenvalue weighted by atomic mass is 10.1. The van der Waals surface area contributed by atoms with Gasteiger partial charge in [0.05, 0.1) is 16.6 Å². The molecule has 0 amide bonds. The molecule has 2 rings (SSSR count). The SMILES string of the molecule is CC(C#N)N1CCN(Cc2c(F)ccc(Br)c2F)CC1. The Morgan fingerprint density at radius 3 is 2.55 bits per heavy atom. The Kier molecular flexibility index (Phi) is 5.08. The summed E-state index contributed by atoms with van der Waals surface area (Å²) < 4.78 is 27.9. The van der Waals surface area contributed by atoms with Crippen molar-refractivity contribution in [2.75, 3.05) is 26.2 Å². The Labute approximate surface area is 125 Å². The topological polar surface area (TPSA) is 30.3 Å². The van der Waals surface area contributed by atoms with Crippen LogP contribution >= 0.6 is 15.9 Å². The summed E-state index contributed by atoms with van der Waals surface area (Å²) in [6.07, 6.45) is 0. The van der Waals surface area contributed by atoms with Gasteiger partial charge in [0, 0.05) is 38.3 Å². The van der Waals surface area contributed by atoms with Crippen LogP contribution in [0.5, 0.6) is 0 Å². The number of nitriles is 1. The smallest absolute Gasteiger partial charge is 0.144 e. The molecule has 1 aromatic carbocycles. The first-order valence-corrected chi connectivity index (χ1v) is 7.30. The lowest BCUT2D eigenvalue weighted by Crippen LogP contribution is -2.48. The summed E-state index contributed by atoms with van der Waals surface area (Å²) in [7, 11) is 0.